The number of thiazole rings is 2. The van der Waals surface area contributed by atoms with Crippen molar-refractivity contribution >= 4 is 44.6 Å². The molecule has 6 rings (SSSR count). The molecule has 0 radical (unpaired) electrons. The summed E-state index contributed by atoms with van der Waals surface area (Å²) in [6.07, 6.45) is 13.3. The van der Waals surface area contributed by atoms with E-state index in [1.165, 1.54) is 35.1 Å². The molecule has 0 spiro atoms. The van der Waals surface area contributed by atoms with Gasteiger partial charge in [-0.2, -0.15) is 0 Å². The number of nitrogens with two attached hydrogens (primary N) is 1. The van der Waals surface area contributed by atoms with Gasteiger partial charge in [-0.05, 0) is 50.2 Å². The van der Waals surface area contributed by atoms with Gasteiger partial charge in [0.2, 0.25) is 5.91 Å². The molecule has 0 atom stereocenters. The average molecular weight is 641 g/mol. The first-order chi connectivity index (χ1) is 21.8. The SMILES string of the molecule is Cc1nc(-c2cccnc2)sc1N.Cc1nc(-c2cccnc2)sc1NC(=O)Cc1ncccn1.O=C(O)Cc1ncccn1. The largest absolute Gasteiger partial charge is 0.481 e. The lowest BCUT2D eigenvalue weighted by atomic mass is 10.3. The van der Waals surface area contributed by atoms with Gasteiger partial charge in [0.05, 0.1) is 17.8 Å². The molecule has 0 saturated heterocycles. The van der Waals surface area contributed by atoms with Crippen LogP contribution in [0.4, 0.5) is 10.0 Å². The molecule has 0 aliphatic rings. The number of pyridine rings is 2. The van der Waals surface area contributed by atoms with Crippen LogP contribution in [0.15, 0.2) is 86.0 Å². The number of carbonyl (C=O) groups excluding carboxylic acids is 1. The van der Waals surface area contributed by atoms with Crippen LogP contribution in [0.1, 0.15) is 23.0 Å². The first-order valence-electron chi connectivity index (χ1n) is 13.3. The van der Waals surface area contributed by atoms with E-state index in [4.69, 9.17) is 10.8 Å². The molecular formula is C30H28N10O3S2. The molecule has 45 heavy (non-hydrogen) atoms. The summed E-state index contributed by atoms with van der Waals surface area (Å²) in [5.41, 5.74) is 9.34. The Morgan fingerprint density at radius 2 is 1.24 bits per heavy atom. The summed E-state index contributed by atoms with van der Waals surface area (Å²) in [6, 6.07) is 11.0. The lowest BCUT2D eigenvalue weighted by Crippen LogP contribution is -2.15. The predicted molar refractivity (Wildman–Crippen MR) is 172 cm³/mol. The minimum Gasteiger partial charge on any atom is -0.481 e. The zero-order valence-corrected chi connectivity index (χ0v) is 25.9. The highest BCUT2D eigenvalue weighted by Gasteiger charge is 2.13. The van der Waals surface area contributed by atoms with E-state index < -0.39 is 5.97 Å². The fourth-order valence-corrected chi connectivity index (χ4v) is 5.23. The van der Waals surface area contributed by atoms with Gasteiger partial charge in [0.1, 0.15) is 38.1 Å². The second kappa shape index (κ2) is 16.3. The lowest BCUT2D eigenvalue weighted by Gasteiger charge is -2.02. The first-order valence-corrected chi connectivity index (χ1v) is 15.0. The van der Waals surface area contributed by atoms with Crippen LogP contribution in [0.25, 0.3) is 21.1 Å². The third kappa shape index (κ3) is 10.3. The Hall–Kier alpha value is -5.54. The van der Waals surface area contributed by atoms with E-state index in [9.17, 15) is 9.59 Å². The molecule has 0 aliphatic heterocycles. The van der Waals surface area contributed by atoms with Crippen LogP contribution in [0.2, 0.25) is 0 Å². The molecule has 6 heterocycles. The van der Waals surface area contributed by atoms with E-state index in [2.05, 4.69) is 45.2 Å². The Balaban J connectivity index is 0.000000170. The number of carbonyl (C=O) groups is 2. The number of aromatic nitrogens is 8. The highest BCUT2D eigenvalue weighted by atomic mass is 32.1. The molecular weight excluding hydrogens is 613 g/mol. The van der Waals surface area contributed by atoms with Crippen LogP contribution in [0, 0.1) is 13.8 Å². The number of nitrogen functional groups attached to an aromatic ring is 1. The number of nitrogens with zero attached hydrogens (tertiary/aromatic N) is 8. The zero-order valence-electron chi connectivity index (χ0n) is 24.2. The fourth-order valence-electron chi connectivity index (χ4n) is 3.44. The number of anilines is 2. The maximum Gasteiger partial charge on any atom is 0.311 e. The summed E-state index contributed by atoms with van der Waals surface area (Å²) in [5, 5.41) is 14.4. The van der Waals surface area contributed by atoms with Gasteiger partial charge in [-0.25, -0.2) is 29.9 Å². The molecule has 4 N–H and O–H groups in total. The molecule has 0 unspecified atom stereocenters. The predicted octanol–water partition coefficient (Wildman–Crippen LogP) is 4.68. The summed E-state index contributed by atoms with van der Waals surface area (Å²) in [6.45, 7) is 3.77. The van der Waals surface area contributed by atoms with Gasteiger partial charge in [-0.15, -0.1) is 0 Å². The monoisotopic (exact) mass is 640 g/mol. The smallest absolute Gasteiger partial charge is 0.311 e. The van der Waals surface area contributed by atoms with Crippen molar-refractivity contribution in [2.45, 2.75) is 26.7 Å². The number of rotatable bonds is 7. The fraction of sp³-hybridized carbons (Fsp3) is 0.133. The molecule has 1 amide bonds. The van der Waals surface area contributed by atoms with Crippen molar-refractivity contribution in [2.75, 3.05) is 11.1 Å². The summed E-state index contributed by atoms with van der Waals surface area (Å²) in [7, 11) is 0. The number of aryl methyl sites for hydroxylation is 2. The third-order valence-electron chi connectivity index (χ3n) is 5.57. The van der Waals surface area contributed by atoms with Gasteiger partial charge < -0.3 is 16.2 Å². The van der Waals surface area contributed by atoms with Crippen molar-refractivity contribution < 1.29 is 14.7 Å². The standard InChI is InChI=1S/C15H13N5OS.C9H9N3S.C6H6N2O2/c1-10-14(20-13(21)8-12-17-6-3-7-18-12)22-15(19-10)11-4-2-5-16-9-11;1-6-8(10)13-9(12-6)7-3-2-4-11-5-7;9-6(10)4-5-7-2-1-3-8-5/h2-7,9H,8H2,1H3,(H,20,21);2-5H,10H2,1H3;1-3H,4H2,(H,9,10). The Labute approximate surface area is 266 Å². The Kier molecular flexibility index (Phi) is 11.8. The van der Waals surface area contributed by atoms with Gasteiger partial charge >= 0.3 is 5.97 Å². The number of amides is 1. The van der Waals surface area contributed by atoms with Gasteiger partial charge in [0.15, 0.2) is 0 Å². The average Bonchev–Trinajstić information content (AvgIpc) is 3.59. The minimum atomic E-state index is -0.911. The van der Waals surface area contributed by atoms with Crippen molar-refractivity contribution in [1.82, 2.24) is 39.9 Å². The molecule has 228 valence electrons. The van der Waals surface area contributed by atoms with Crippen LogP contribution in [0.5, 0.6) is 0 Å². The molecule has 0 aliphatic carbocycles. The Bertz CT molecular complexity index is 1780. The van der Waals surface area contributed by atoms with E-state index in [1.54, 1.807) is 49.3 Å². The van der Waals surface area contributed by atoms with E-state index in [0.717, 1.165) is 42.5 Å². The molecule has 0 fully saturated rings. The van der Waals surface area contributed by atoms with Crippen LogP contribution in [0.3, 0.4) is 0 Å². The Morgan fingerprint density at radius 1 is 0.733 bits per heavy atom. The Morgan fingerprint density at radius 3 is 1.71 bits per heavy atom. The summed E-state index contributed by atoms with van der Waals surface area (Å²) >= 11 is 2.92. The second-order valence-corrected chi connectivity index (χ2v) is 11.0. The number of carboxylic acids is 1. The minimum absolute atomic E-state index is 0.110. The van der Waals surface area contributed by atoms with E-state index in [1.807, 2.05) is 38.1 Å². The van der Waals surface area contributed by atoms with Gasteiger partial charge in [0.25, 0.3) is 0 Å². The summed E-state index contributed by atoms with van der Waals surface area (Å²) in [4.78, 5) is 54.6. The van der Waals surface area contributed by atoms with E-state index >= 15 is 0 Å². The molecule has 0 aromatic carbocycles. The quantitative estimate of drug-likeness (QED) is 0.218. The summed E-state index contributed by atoms with van der Waals surface area (Å²) in [5.74, 6) is -0.230. The number of nitrogens with one attached hydrogen (secondary N) is 1. The number of aliphatic carboxylic acids is 1. The number of hydrogen-bond acceptors (Lipinski definition) is 13. The molecule has 13 nitrogen and oxygen atoms in total. The molecule has 6 aromatic rings. The lowest BCUT2D eigenvalue weighted by molar-refractivity contribution is -0.136. The first kappa shape index (κ1) is 32.4. The third-order valence-corrected chi connectivity index (χ3v) is 7.72. The van der Waals surface area contributed by atoms with Gasteiger partial charge in [-0.3, -0.25) is 19.6 Å². The van der Waals surface area contributed by atoms with Crippen molar-refractivity contribution in [3.05, 3.63) is 109 Å². The normalized spacial score (nSPS) is 10.1. The highest BCUT2D eigenvalue weighted by molar-refractivity contribution is 7.19. The molecule has 15 heteroatoms. The number of hydrogen-bond donors (Lipinski definition) is 3. The van der Waals surface area contributed by atoms with Gasteiger partial charge in [-0.1, -0.05) is 22.7 Å². The number of carboxylic acid groups (broad SMARTS) is 1. The topological polar surface area (TPSA) is 196 Å². The second-order valence-electron chi connectivity index (χ2n) is 9.01. The highest BCUT2D eigenvalue weighted by Crippen LogP contribution is 2.31. The van der Waals surface area contributed by atoms with Crippen LogP contribution in [-0.4, -0.2) is 56.9 Å². The van der Waals surface area contributed by atoms with Crippen molar-refractivity contribution in [3.8, 4) is 21.1 Å². The van der Waals surface area contributed by atoms with E-state index in [0.29, 0.717) is 11.6 Å². The van der Waals surface area contributed by atoms with Crippen molar-refractivity contribution in [1.29, 1.82) is 0 Å². The zero-order chi connectivity index (χ0) is 32.0. The van der Waals surface area contributed by atoms with Crippen molar-refractivity contribution in [3.63, 3.8) is 0 Å². The van der Waals surface area contributed by atoms with Crippen LogP contribution < -0.4 is 11.1 Å². The maximum atomic E-state index is 12.1. The van der Waals surface area contributed by atoms with E-state index in [-0.39, 0.29) is 18.7 Å². The van der Waals surface area contributed by atoms with Crippen molar-refractivity contribution in [2.24, 2.45) is 0 Å². The maximum absolute atomic E-state index is 12.1. The summed E-state index contributed by atoms with van der Waals surface area (Å²) < 4.78 is 0. The van der Waals surface area contributed by atoms with Crippen LogP contribution >= 0.6 is 22.7 Å². The molecule has 0 bridgehead atoms. The van der Waals surface area contributed by atoms with Gasteiger partial charge in [0, 0.05) is 60.7 Å². The van der Waals surface area contributed by atoms with Crippen LogP contribution in [-0.2, 0) is 22.4 Å². The molecule has 0 saturated carbocycles. The molecule has 6 aromatic heterocycles.